The lowest BCUT2D eigenvalue weighted by molar-refractivity contribution is -0.132. The Labute approximate surface area is 176 Å². The first-order chi connectivity index (χ1) is 14.6. The molecular formula is C25H26N2O3. The van der Waals surface area contributed by atoms with Gasteiger partial charge in [0.2, 0.25) is 11.8 Å². The zero-order valence-corrected chi connectivity index (χ0v) is 17.0. The smallest absolute Gasteiger partial charge is 0.234 e. The molecule has 5 heteroatoms. The summed E-state index contributed by atoms with van der Waals surface area (Å²) in [5, 5.41) is 3.14. The number of hydrogen-bond donors (Lipinski definition) is 1. The maximum atomic E-state index is 13.3. The highest BCUT2D eigenvalue weighted by molar-refractivity contribution is 6.03. The zero-order valence-electron chi connectivity index (χ0n) is 17.0. The lowest BCUT2D eigenvalue weighted by Gasteiger charge is -2.25. The normalized spacial score (nSPS) is 29.8. The van der Waals surface area contributed by atoms with Crippen LogP contribution in [0.25, 0.3) is 0 Å². The fourth-order valence-corrected chi connectivity index (χ4v) is 5.06. The molecule has 3 heterocycles. The molecule has 0 aliphatic carbocycles. The fraction of sp³-hybridized carbons (Fsp3) is 0.360. The van der Waals surface area contributed by atoms with Gasteiger partial charge in [0.15, 0.2) is 0 Å². The van der Waals surface area contributed by atoms with E-state index in [1.165, 1.54) is 5.56 Å². The standard InChI is InChI=1S/C25H26N2O3/c1-17(12-13-18-8-4-2-5-9-18)26-23(28)21-20-14-15-25(30-20)16-27(24(29)22(21)25)19-10-6-3-7-11-19/h2-11,14-15,17,20-22H,12-13,16H2,1H3,(H,26,28)/t17-,20-,21+,22+,25+/m1/s1. The SMILES string of the molecule is C[C@H](CCc1ccccc1)NC(=O)[C@@H]1[C@H]2C(=O)N(c3ccccc3)C[C@@]23C=C[C@H]1O3. The Morgan fingerprint density at radius 2 is 1.87 bits per heavy atom. The molecule has 1 spiro atoms. The number of nitrogens with zero attached hydrogens (tertiary/aromatic N) is 1. The highest BCUT2D eigenvalue weighted by atomic mass is 16.5. The molecule has 2 aromatic rings. The second-order valence-corrected chi connectivity index (χ2v) is 8.59. The average Bonchev–Trinajstić information content (AvgIpc) is 3.42. The maximum absolute atomic E-state index is 13.3. The van der Waals surface area contributed by atoms with Crippen LogP contribution in [0.4, 0.5) is 5.69 Å². The number of carbonyl (C=O) groups excluding carboxylic acids is 2. The molecule has 5 rings (SSSR count). The minimum absolute atomic E-state index is 0.0230. The molecule has 0 saturated carbocycles. The van der Waals surface area contributed by atoms with Crippen molar-refractivity contribution in [1.82, 2.24) is 5.32 Å². The van der Waals surface area contributed by atoms with E-state index in [0.717, 1.165) is 18.5 Å². The Morgan fingerprint density at radius 1 is 1.17 bits per heavy atom. The molecule has 2 aromatic carbocycles. The van der Waals surface area contributed by atoms with Crippen molar-refractivity contribution in [3.63, 3.8) is 0 Å². The van der Waals surface area contributed by atoms with E-state index < -0.39 is 17.4 Å². The van der Waals surface area contributed by atoms with Crippen LogP contribution in [-0.4, -0.2) is 36.1 Å². The summed E-state index contributed by atoms with van der Waals surface area (Å²) in [4.78, 5) is 28.3. The summed E-state index contributed by atoms with van der Waals surface area (Å²) in [5.74, 6) is -1.05. The van der Waals surface area contributed by atoms with E-state index in [-0.39, 0.29) is 24.0 Å². The molecule has 3 aliphatic heterocycles. The van der Waals surface area contributed by atoms with E-state index >= 15 is 0 Å². The monoisotopic (exact) mass is 402 g/mol. The Bertz CT molecular complexity index is 974. The number of benzene rings is 2. The van der Waals surface area contributed by atoms with Crippen LogP contribution in [0, 0.1) is 11.8 Å². The number of aryl methyl sites for hydroxylation is 1. The second-order valence-electron chi connectivity index (χ2n) is 8.59. The van der Waals surface area contributed by atoms with E-state index in [9.17, 15) is 9.59 Å². The van der Waals surface area contributed by atoms with Gasteiger partial charge in [-0.05, 0) is 37.5 Å². The number of carbonyl (C=O) groups is 2. The first-order valence-corrected chi connectivity index (χ1v) is 10.7. The van der Waals surface area contributed by atoms with Crippen molar-refractivity contribution < 1.29 is 14.3 Å². The van der Waals surface area contributed by atoms with Gasteiger partial charge in [0.05, 0.1) is 24.5 Å². The van der Waals surface area contributed by atoms with Crippen LogP contribution in [0.1, 0.15) is 18.9 Å². The topological polar surface area (TPSA) is 58.6 Å². The highest BCUT2D eigenvalue weighted by Gasteiger charge is 2.67. The van der Waals surface area contributed by atoms with Crippen LogP contribution in [-0.2, 0) is 20.7 Å². The Hall–Kier alpha value is -2.92. The molecule has 0 aromatic heterocycles. The number of anilines is 1. The van der Waals surface area contributed by atoms with Crippen molar-refractivity contribution in [2.24, 2.45) is 11.8 Å². The molecule has 0 radical (unpaired) electrons. The summed E-state index contributed by atoms with van der Waals surface area (Å²) >= 11 is 0. The van der Waals surface area contributed by atoms with Crippen LogP contribution in [0.5, 0.6) is 0 Å². The van der Waals surface area contributed by atoms with Crippen molar-refractivity contribution in [2.45, 2.75) is 37.5 Å². The molecule has 2 fully saturated rings. The van der Waals surface area contributed by atoms with Gasteiger partial charge in [-0.2, -0.15) is 0 Å². The van der Waals surface area contributed by atoms with E-state index in [2.05, 4.69) is 17.4 Å². The summed E-state index contributed by atoms with van der Waals surface area (Å²) in [6.45, 7) is 2.48. The Kier molecular flexibility index (Phi) is 4.70. The van der Waals surface area contributed by atoms with Crippen molar-refractivity contribution >= 4 is 17.5 Å². The van der Waals surface area contributed by atoms with Crippen LogP contribution in [0.3, 0.4) is 0 Å². The quantitative estimate of drug-likeness (QED) is 0.756. The Morgan fingerprint density at radius 3 is 2.60 bits per heavy atom. The van der Waals surface area contributed by atoms with Gasteiger partial charge < -0.3 is 15.0 Å². The minimum atomic E-state index is -0.688. The van der Waals surface area contributed by atoms with Gasteiger partial charge in [-0.15, -0.1) is 0 Å². The van der Waals surface area contributed by atoms with Gasteiger partial charge in [-0.1, -0.05) is 60.7 Å². The number of nitrogens with one attached hydrogen (secondary N) is 1. The zero-order chi connectivity index (χ0) is 20.7. The largest absolute Gasteiger partial charge is 0.360 e. The third-order valence-electron chi connectivity index (χ3n) is 6.57. The molecule has 5 atom stereocenters. The van der Waals surface area contributed by atoms with E-state index in [4.69, 9.17) is 4.74 Å². The molecule has 2 amide bonds. The van der Waals surface area contributed by atoms with Crippen molar-refractivity contribution in [2.75, 3.05) is 11.4 Å². The van der Waals surface area contributed by atoms with E-state index in [1.54, 1.807) is 4.90 Å². The summed E-state index contributed by atoms with van der Waals surface area (Å²) < 4.78 is 6.22. The fourth-order valence-electron chi connectivity index (χ4n) is 5.06. The number of hydrogen-bond acceptors (Lipinski definition) is 3. The van der Waals surface area contributed by atoms with Crippen molar-refractivity contribution in [1.29, 1.82) is 0 Å². The van der Waals surface area contributed by atoms with Crippen molar-refractivity contribution in [3.05, 3.63) is 78.4 Å². The number of fused-ring (bicyclic) bond motifs is 1. The molecular weight excluding hydrogens is 376 g/mol. The number of amides is 2. The van der Waals surface area contributed by atoms with Gasteiger partial charge in [-0.3, -0.25) is 9.59 Å². The third-order valence-corrected chi connectivity index (χ3v) is 6.57. The van der Waals surface area contributed by atoms with Gasteiger partial charge in [-0.25, -0.2) is 0 Å². The summed E-state index contributed by atoms with van der Waals surface area (Å²) in [6, 6.07) is 19.9. The van der Waals surface area contributed by atoms with Crippen molar-refractivity contribution in [3.8, 4) is 0 Å². The molecule has 3 aliphatic rings. The van der Waals surface area contributed by atoms with Crippen LogP contribution >= 0.6 is 0 Å². The summed E-state index contributed by atoms with van der Waals surface area (Å²) in [7, 11) is 0. The van der Waals surface area contributed by atoms with Gasteiger partial charge in [0.25, 0.3) is 0 Å². The molecule has 30 heavy (non-hydrogen) atoms. The van der Waals surface area contributed by atoms with Crippen LogP contribution < -0.4 is 10.2 Å². The summed E-state index contributed by atoms with van der Waals surface area (Å²) in [6.07, 6.45) is 5.38. The predicted molar refractivity (Wildman–Crippen MR) is 115 cm³/mol. The number of rotatable bonds is 6. The van der Waals surface area contributed by atoms with Crippen LogP contribution in [0.2, 0.25) is 0 Å². The third kappa shape index (κ3) is 3.14. The first-order valence-electron chi connectivity index (χ1n) is 10.7. The van der Waals surface area contributed by atoms with Gasteiger partial charge >= 0.3 is 0 Å². The Balaban J connectivity index is 1.29. The first kappa shape index (κ1) is 19.1. The lowest BCUT2D eigenvalue weighted by Crippen LogP contribution is -2.46. The van der Waals surface area contributed by atoms with E-state index in [0.29, 0.717) is 6.54 Å². The predicted octanol–water partition coefficient (Wildman–Crippen LogP) is 3.11. The molecule has 2 bridgehead atoms. The van der Waals surface area contributed by atoms with Gasteiger partial charge in [0.1, 0.15) is 5.60 Å². The second kappa shape index (κ2) is 7.40. The lowest BCUT2D eigenvalue weighted by atomic mass is 9.76. The number of ether oxygens (including phenoxy) is 1. The maximum Gasteiger partial charge on any atom is 0.234 e. The minimum Gasteiger partial charge on any atom is -0.360 e. The molecule has 2 saturated heterocycles. The highest BCUT2D eigenvalue weighted by Crippen LogP contribution is 2.52. The summed E-state index contributed by atoms with van der Waals surface area (Å²) in [5.41, 5.74) is 1.42. The average molecular weight is 402 g/mol. The molecule has 0 unspecified atom stereocenters. The van der Waals surface area contributed by atoms with Gasteiger partial charge in [0, 0.05) is 11.7 Å². The van der Waals surface area contributed by atoms with E-state index in [1.807, 2.05) is 67.6 Å². The number of para-hydroxylation sites is 1. The molecule has 5 nitrogen and oxygen atoms in total. The molecule has 154 valence electrons. The molecule has 1 N–H and O–H groups in total. The van der Waals surface area contributed by atoms with Crippen LogP contribution in [0.15, 0.2) is 72.8 Å².